The van der Waals surface area contributed by atoms with Crippen molar-refractivity contribution in [1.29, 1.82) is 0 Å². The predicted molar refractivity (Wildman–Crippen MR) is 114 cm³/mol. The van der Waals surface area contributed by atoms with E-state index in [9.17, 15) is 4.79 Å². The van der Waals surface area contributed by atoms with Crippen LogP contribution in [0.1, 0.15) is 18.4 Å². The van der Waals surface area contributed by atoms with Crippen LogP contribution in [0.5, 0.6) is 0 Å². The number of carbonyl (C=O) groups is 1. The maximum absolute atomic E-state index is 12.7. The number of rotatable bonds is 5. The SMILES string of the molecule is CN(C)c1ccc(CNC(=O)[C@@H]2CCCN(c3nc4ccccc4[nH]3)C2)cc1. The molecule has 1 fully saturated rings. The summed E-state index contributed by atoms with van der Waals surface area (Å²) in [5.74, 6) is 0.971. The Hall–Kier alpha value is -3.02. The van der Waals surface area contributed by atoms with E-state index in [0.717, 1.165) is 47.6 Å². The summed E-state index contributed by atoms with van der Waals surface area (Å²) in [5.41, 5.74) is 4.27. The molecule has 0 unspecified atom stereocenters. The van der Waals surface area contributed by atoms with Crippen molar-refractivity contribution in [1.82, 2.24) is 15.3 Å². The van der Waals surface area contributed by atoms with Crippen LogP contribution in [0, 0.1) is 5.92 Å². The number of piperidine rings is 1. The van der Waals surface area contributed by atoms with Crippen LogP contribution in [0.15, 0.2) is 48.5 Å². The number of H-pyrrole nitrogens is 1. The normalized spacial score (nSPS) is 16.9. The summed E-state index contributed by atoms with van der Waals surface area (Å²) in [5, 5.41) is 3.11. The number of hydrogen-bond donors (Lipinski definition) is 2. The Morgan fingerprint density at radius 1 is 1.21 bits per heavy atom. The van der Waals surface area contributed by atoms with Crippen molar-refractivity contribution in [2.24, 2.45) is 5.92 Å². The molecule has 6 nitrogen and oxygen atoms in total. The molecule has 4 rings (SSSR count). The highest BCUT2D eigenvalue weighted by atomic mass is 16.1. The second kappa shape index (κ2) is 7.92. The van der Waals surface area contributed by atoms with Gasteiger partial charge in [-0.3, -0.25) is 4.79 Å². The molecule has 1 aromatic heterocycles. The van der Waals surface area contributed by atoms with E-state index in [1.807, 2.05) is 38.4 Å². The van der Waals surface area contributed by atoms with Crippen LogP contribution in [0.3, 0.4) is 0 Å². The first-order chi connectivity index (χ1) is 13.6. The van der Waals surface area contributed by atoms with Gasteiger partial charge in [-0.25, -0.2) is 4.98 Å². The number of hydrogen-bond acceptors (Lipinski definition) is 4. The first-order valence-electron chi connectivity index (χ1n) is 9.84. The van der Waals surface area contributed by atoms with E-state index >= 15 is 0 Å². The number of para-hydroxylation sites is 2. The summed E-state index contributed by atoms with van der Waals surface area (Å²) in [7, 11) is 4.04. The number of imidazole rings is 1. The molecule has 1 aliphatic heterocycles. The van der Waals surface area contributed by atoms with E-state index in [2.05, 4.69) is 49.4 Å². The Balaban J connectivity index is 1.36. The maximum Gasteiger partial charge on any atom is 0.225 e. The lowest BCUT2D eigenvalue weighted by atomic mass is 9.97. The van der Waals surface area contributed by atoms with Gasteiger partial charge in [0.05, 0.1) is 17.0 Å². The number of carbonyl (C=O) groups excluding carboxylic acids is 1. The third kappa shape index (κ3) is 3.96. The average molecular weight is 377 g/mol. The van der Waals surface area contributed by atoms with Crippen LogP contribution in [0.4, 0.5) is 11.6 Å². The molecule has 1 atom stereocenters. The minimum atomic E-state index is -0.0111. The fourth-order valence-corrected chi connectivity index (χ4v) is 3.72. The third-order valence-corrected chi connectivity index (χ3v) is 5.39. The molecular formula is C22H27N5O. The van der Waals surface area contributed by atoms with Crippen molar-refractivity contribution < 1.29 is 4.79 Å². The zero-order valence-electron chi connectivity index (χ0n) is 16.5. The van der Waals surface area contributed by atoms with Crippen LogP contribution in [0.2, 0.25) is 0 Å². The summed E-state index contributed by atoms with van der Waals surface area (Å²) in [6.07, 6.45) is 1.91. The molecule has 0 bridgehead atoms. The standard InChI is InChI=1S/C22H27N5O/c1-26(2)18-11-9-16(10-12-18)14-23-21(28)17-6-5-13-27(15-17)22-24-19-7-3-4-8-20(19)25-22/h3-4,7-12,17H,5-6,13-15H2,1-2H3,(H,23,28)(H,24,25)/t17-/m1/s1. The number of anilines is 2. The van der Waals surface area contributed by atoms with E-state index in [4.69, 9.17) is 0 Å². The Bertz CT molecular complexity index is 914. The Morgan fingerprint density at radius 2 is 2.00 bits per heavy atom. The number of nitrogens with zero attached hydrogens (tertiary/aromatic N) is 3. The molecule has 0 spiro atoms. The highest BCUT2D eigenvalue weighted by Crippen LogP contribution is 2.23. The molecule has 1 amide bonds. The van der Waals surface area contributed by atoms with Crippen molar-refractivity contribution in [2.75, 3.05) is 37.0 Å². The lowest BCUT2D eigenvalue weighted by Gasteiger charge is -2.31. The predicted octanol–water partition coefficient (Wildman–Crippen LogP) is 3.16. The first kappa shape index (κ1) is 18.3. The molecule has 0 saturated carbocycles. The quantitative estimate of drug-likeness (QED) is 0.717. The molecule has 1 aliphatic rings. The van der Waals surface area contributed by atoms with Gasteiger partial charge in [0.25, 0.3) is 0 Å². The van der Waals surface area contributed by atoms with Crippen molar-refractivity contribution in [2.45, 2.75) is 19.4 Å². The van der Waals surface area contributed by atoms with Gasteiger partial charge in [-0.05, 0) is 42.7 Å². The molecule has 6 heteroatoms. The molecule has 0 aliphatic carbocycles. The Kier molecular flexibility index (Phi) is 5.19. The third-order valence-electron chi connectivity index (χ3n) is 5.39. The highest BCUT2D eigenvalue weighted by molar-refractivity contribution is 5.80. The topological polar surface area (TPSA) is 64.3 Å². The van der Waals surface area contributed by atoms with Crippen LogP contribution >= 0.6 is 0 Å². The van der Waals surface area contributed by atoms with E-state index in [1.54, 1.807) is 0 Å². The Morgan fingerprint density at radius 3 is 2.75 bits per heavy atom. The first-order valence-corrected chi connectivity index (χ1v) is 9.84. The second-order valence-corrected chi connectivity index (χ2v) is 7.64. The van der Waals surface area contributed by atoms with E-state index in [-0.39, 0.29) is 11.8 Å². The fourth-order valence-electron chi connectivity index (χ4n) is 3.72. The molecule has 28 heavy (non-hydrogen) atoms. The minimum absolute atomic E-state index is 0.0111. The maximum atomic E-state index is 12.7. The molecule has 2 heterocycles. The van der Waals surface area contributed by atoms with Crippen LogP contribution in [-0.2, 0) is 11.3 Å². The zero-order valence-corrected chi connectivity index (χ0v) is 16.5. The van der Waals surface area contributed by atoms with Crippen molar-refractivity contribution in [3.63, 3.8) is 0 Å². The van der Waals surface area contributed by atoms with Gasteiger partial charge in [-0.15, -0.1) is 0 Å². The molecule has 2 N–H and O–H groups in total. The smallest absolute Gasteiger partial charge is 0.225 e. The van der Waals surface area contributed by atoms with Gasteiger partial charge in [0.2, 0.25) is 11.9 Å². The number of fused-ring (bicyclic) bond motifs is 1. The van der Waals surface area contributed by atoms with Gasteiger partial charge < -0.3 is 20.1 Å². The second-order valence-electron chi connectivity index (χ2n) is 7.64. The molecule has 146 valence electrons. The number of amides is 1. The van der Waals surface area contributed by atoms with Crippen LogP contribution in [-0.4, -0.2) is 43.1 Å². The van der Waals surface area contributed by atoms with Crippen molar-refractivity contribution >= 4 is 28.6 Å². The van der Waals surface area contributed by atoms with Gasteiger partial charge in [0.1, 0.15) is 0 Å². The molecule has 3 aromatic rings. The van der Waals surface area contributed by atoms with Gasteiger partial charge in [0.15, 0.2) is 0 Å². The van der Waals surface area contributed by atoms with Gasteiger partial charge in [0, 0.05) is 39.4 Å². The van der Waals surface area contributed by atoms with Crippen molar-refractivity contribution in [3.05, 3.63) is 54.1 Å². The molecule has 2 aromatic carbocycles. The molecular weight excluding hydrogens is 350 g/mol. The summed E-state index contributed by atoms with van der Waals surface area (Å²) in [6.45, 7) is 2.19. The van der Waals surface area contributed by atoms with E-state index in [1.165, 1.54) is 0 Å². The zero-order chi connectivity index (χ0) is 19.5. The average Bonchev–Trinajstić information content (AvgIpc) is 3.17. The molecule has 1 saturated heterocycles. The number of benzene rings is 2. The van der Waals surface area contributed by atoms with Gasteiger partial charge >= 0.3 is 0 Å². The number of nitrogens with one attached hydrogen (secondary N) is 2. The van der Waals surface area contributed by atoms with Gasteiger partial charge in [-0.2, -0.15) is 0 Å². The van der Waals surface area contributed by atoms with Crippen LogP contribution in [0.25, 0.3) is 11.0 Å². The van der Waals surface area contributed by atoms with E-state index in [0.29, 0.717) is 13.1 Å². The van der Waals surface area contributed by atoms with E-state index < -0.39 is 0 Å². The summed E-state index contributed by atoms with van der Waals surface area (Å²) in [4.78, 5) is 25.0. The molecule has 0 radical (unpaired) electrons. The highest BCUT2D eigenvalue weighted by Gasteiger charge is 2.27. The largest absolute Gasteiger partial charge is 0.378 e. The fraction of sp³-hybridized carbons (Fsp3) is 0.364. The lowest BCUT2D eigenvalue weighted by molar-refractivity contribution is -0.125. The minimum Gasteiger partial charge on any atom is -0.378 e. The summed E-state index contributed by atoms with van der Waals surface area (Å²) >= 11 is 0. The monoisotopic (exact) mass is 377 g/mol. The van der Waals surface area contributed by atoms with Gasteiger partial charge in [-0.1, -0.05) is 24.3 Å². The summed E-state index contributed by atoms with van der Waals surface area (Å²) < 4.78 is 0. The number of aromatic amines is 1. The lowest BCUT2D eigenvalue weighted by Crippen LogP contribution is -2.43. The Labute approximate surface area is 165 Å². The van der Waals surface area contributed by atoms with Crippen LogP contribution < -0.4 is 15.1 Å². The number of aromatic nitrogens is 2. The van der Waals surface area contributed by atoms with Crippen molar-refractivity contribution in [3.8, 4) is 0 Å². The summed E-state index contributed by atoms with van der Waals surface area (Å²) in [6, 6.07) is 16.3.